The molecule has 2 aromatic rings. The molecule has 1 N–H and O–H groups in total. The number of carbonyl (C=O) groups is 1. The van der Waals surface area contributed by atoms with Gasteiger partial charge in [0, 0.05) is 11.1 Å². The van der Waals surface area contributed by atoms with Gasteiger partial charge in [0.05, 0.1) is 11.4 Å². The lowest BCUT2D eigenvalue weighted by molar-refractivity contribution is -0.129. The average molecular weight is 302 g/mol. The van der Waals surface area contributed by atoms with Crippen LogP contribution in [0.4, 0.5) is 5.69 Å². The zero-order valence-corrected chi connectivity index (χ0v) is 12.5. The van der Waals surface area contributed by atoms with Crippen LogP contribution in [-0.4, -0.2) is 22.5 Å². The standard InChI is InChI=1S/C19H14N2O2/c1-19(12-7-3-2-4-8-12)17-14(11-16(21-19)18(22)23)13-9-5-6-10-15(13)20-17/h2-11H,1H3,(H,22,23). The van der Waals surface area contributed by atoms with Gasteiger partial charge in [-0.05, 0) is 24.6 Å². The number of carboxylic acids is 1. The Balaban J connectivity index is 1.99. The van der Waals surface area contributed by atoms with Gasteiger partial charge in [-0.15, -0.1) is 0 Å². The summed E-state index contributed by atoms with van der Waals surface area (Å²) < 4.78 is 0. The number of rotatable bonds is 2. The van der Waals surface area contributed by atoms with Crippen LogP contribution in [0, 0.1) is 0 Å². The van der Waals surface area contributed by atoms with E-state index in [1.54, 1.807) is 6.08 Å². The number of benzene rings is 2. The summed E-state index contributed by atoms with van der Waals surface area (Å²) in [6.07, 6.45) is 1.62. The lowest BCUT2D eigenvalue weighted by Crippen LogP contribution is -2.36. The highest BCUT2D eigenvalue weighted by atomic mass is 16.4. The number of aliphatic carboxylic acids is 1. The second kappa shape index (κ2) is 4.74. The van der Waals surface area contributed by atoms with Crippen LogP contribution in [-0.2, 0) is 10.3 Å². The van der Waals surface area contributed by atoms with Gasteiger partial charge in [-0.1, -0.05) is 48.5 Å². The highest BCUT2D eigenvalue weighted by molar-refractivity contribution is 6.48. The summed E-state index contributed by atoms with van der Waals surface area (Å²) in [6.45, 7) is 1.92. The third-order valence-corrected chi connectivity index (χ3v) is 4.32. The second-order valence-electron chi connectivity index (χ2n) is 5.78. The van der Waals surface area contributed by atoms with Crippen molar-refractivity contribution in [3.05, 3.63) is 71.8 Å². The van der Waals surface area contributed by atoms with Crippen LogP contribution in [0.15, 0.2) is 70.7 Å². The fourth-order valence-corrected chi connectivity index (χ4v) is 3.16. The van der Waals surface area contributed by atoms with Crippen molar-refractivity contribution in [1.29, 1.82) is 0 Å². The van der Waals surface area contributed by atoms with E-state index in [4.69, 9.17) is 4.99 Å². The Kier molecular flexibility index (Phi) is 2.81. The lowest BCUT2D eigenvalue weighted by Gasteiger charge is -2.30. The maximum atomic E-state index is 11.6. The van der Waals surface area contributed by atoms with Crippen LogP contribution in [0.1, 0.15) is 18.1 Å². The predicted molar refractivity (Wildman–Crippen MR) is 90.4 cm³/mol. The molecule has 2 aliphatic rings. The van der Waals surface area contributed by atoms with E-state index in [1.165, 1.54) is 0 Å². The van der Waals surface area contributed by atoms with Crippen LogP contribution < -0.4 is 0 Å². The first-order valence-corrected chi connectivity index (χ1v) is 7.39. The van der Waals surface area contributed by atoms with Crippen LogP contribution in [0.3, 0.4) is 0 Å². The summed E-state index contributed by atoms with van der Waals surface area (Å²) in [7, 11) is 0. The van der Waals surface area contributed by atoms with Crippen molar-refractivity contribution in [2.45, 2.75) is 12.5 Å². The molecule has 0 aliphatic carbocycles. The summed E-state index contributed by atoms with van der Waals surface area (Å²) in [6, 6.07) is 17.5. The molecule has 1 unspecified atom stereocenters. The SMILES string of the molecule is CC1(c2ccccc2)N=C(C(=O)O)C=C2C1=Nc1ccccc12. The summed E-state index contributed by atoms with van der Waals surface area (Å²) in [5.41, 5.74) is 3.64. The Hall–Kier alpha value is -3.01. The topological polar surface area (TPSA) is 62.0 Å². The summed E-state index contributed by atoms with van der Waals surface area (Å²) in [5.74, 6) is -1.02. The Morgan fingerprint density at radius 1 is 1.04 bits per heavy atom. The van der Waals surface area contributed by atoms with Gasteiger partial charge in [-0.25, -0.2) is 9.79 Å². The van der Waals surface area contributed by atoms with Crippen molar-refractivity contribution in [1.82, 2.24) is 0 Å². The Labute approximate surface area is 133 Å². The van der Waals surface area contributed by atoms with E-state index in [9.17, 15) is 9.90 Å². The van der Waals surface area contributed by atoms with Crippen LogP contribution in [0.5, 0.6) is 0 Å². The largest absolute Gasteiger partial charge is 0.477 e. The van der Waals surface area contributed by atoms with Gasteiger partial charge in [-0.3, -0.25) is 4.99 Å². The van der Waals surface area contributed by atoms with Crippen LogP contribution >= 0.6 is 0 Å². The number of hydrogen-bond acceptors (Lipinski definition) is 3. The molecule has 112 valence electrons. The molecule has 0 saturated carbocycles. The van der Waals surface area contributed by atoms with E-state index in [1.807, 2.05) is 61.5 Å². The molecule has 2 aromatic carbocycles. The van der Waals surface area contributed by atoms with Gasteiger partial charge < -0.3 is 5.11 Å². The molecule has 2 heterocycles. The zero-order chi connectivity index (χ0) is 16.0. The minimum Gasteiger partial charge on any atom is -0.477 e. The third-order valence-electron chi connectivity index (χ3n) is 4.32. The molecule has 0 spiro atoms. The number of carboxylic acid groups (broad SMARTS) is 1. The molecule has 0 radical (unpaired) electrons. The number of nitrogens with zero attached hydrogens (tertiary/aromatic N) is 2. The van der Waals surface area contributed by atoms with Gasteiger partial charge in [0.25, 0.3) is 0 Å². The van der Waals surface area contributed by atoms with Crippen molar-refractivity contribution < 1.29 is 9.90 Å². The van der Waals surface area contributed by atoms with E-state index in [2.05, 4.69) is 4.99 Å². The van der Waals surface area contributed by atoms with E-state index >= 15 is 0 Å². The molecule has 0 aromatic heterocycles. The molecule has 0 fully saturated rings. The number of aliphatic imine (C=N–C) groups is 2. The fourth-order valence-electron chi connectivity index (χ4n) is 3.16. The number of para-hydroxylation sites is 1. The predicted octanol–water partition coefficient (Wildman–Crippen LogP) is 3.61. The fraction of sp³-hybridized carbons (Fsp3) is 0.105. The minimum atomic E-state index is -1.02. The molecule has 0 amide bonds. The lowest BCUT2D eigenvalue weighted by atomic mass is 9.80. The molecular weight excluding hydrogens is 288 g/mol. The van der Waals surface area contributed by atoms with E-state index in [0.717, 1.165) is 28.1 Å². The molecule has 4 heteroatoms. The van der Waals surface area contributed by atoms with E-state index in [-0.39, 0.29) is 5.71 Å². The Bertz CT molecular complexity index is 910. The second-order valence-corrected chi connectivity index (χ2v) is 5.78. The van der Waals surface area contributed by atoms with Crippen LogP contribution in [0.2, 0.25) is 0 Å². The minimum absolute atomic E-state index is 0.0574. The number of fused-ring (bicyclic) bond motifs is 3. The first-order chi connectivity index (χ1) is 11.1. The first-order valence-electron chi connectivity index (χ1n) is 7.39. The first kappa shape index (κ1) is 13.6. The highest BCUT2D eigenvalue weighted by Crippen LogP contribution is 2.44. The van der Waals surface area contributed by atoms with Gasteiger partial charge in [-0.2, -0.15) is 0 Å². The zero-order valence-electron chi connectivity index (χ0n) is 12.5. The van der Waals surface area contributed by atoms with E-state index in [0.29, 0.717) is 0 Å². The molecule has 4 nitrogen and oxygen atoms in total. The number of hydrogen-bond donors (Lipinski definition) is 1. The highest BCUT2D eigenvalue weighted by Gasteiger charge is 2.41. The van der Waals surface area contributed by atoms with Crippen molar-refractivity contribution in [3.8, 4) is 0 Å². The van der Waals surface area contributed by atoms with Crippen molar-refractivity contribution >= 4 is 28.7 Å². The Morgan fingerprint density at radius 3 is 2.48 bits per heavy atom. The normalized spacial score (nSPS) is 21.7. The van der Waals surface area contributed by atoms with Crippen molar-refractivity contribution in [2.75, 3.05) is 0 Å². The summed E-state index contributed by atoms with van der Waals surface area (Å²) in [5, 5.41) is 9.47. The maximum absolute atomic E-state index is 11.6. The molecule has 0 saturated heterocycles. The molecule has 2 aliphatic heterocycles. The third kappa shape index (κ3) is 1.95. The van der Waals surface area contributed by atoms with Crippen molar-refractivity contribution in [2.24, 2.45) is 9.98 Å². The van der Waals surface area contributed by atoms with Gasteiger partial charge >= 0.3 is 5.97 Å². The molecule has 23 heavy (non-hydrogen) atoms. The summed E-state index contributed by atoms with van der Waals surface area (Å²) in [4.78, 5) is 20.8. The van der Waals surface area contributed by atoms with Crippen LogP contribution in [0.25, 0.3) is 5.57 Å². The molecule has 4 rings (SSSR count). The molecular formula is C19H14N2O2. The summed E-state index contributed by atoms with van der Waals surface area (Å²) >= 11 is 0. The Morgan fingerprint density at radius 2 is 1.74 bits per heavy atom. The van der Waals surface area contributed by atoms with Gasteiger partial charge in [0.1, 0.15) is 11.3 Å². The monoisotopic (exact) mass is 302 g/mol. The van der Waals surface area contributed by atoms with Gasteiger partial charge in [0.2, 0.25) is 0 Å². The van der Waals surface area contributed by atoms with Gasteiger partial charge in [0.15, 0.2) is 0 Å². The van der Waals surface area contributed by atoms with E-state index < -0.39 is 11.5 Å². The average Bonchev–Trinajstić information content (AvgIpc) is 2.95. The maximum Gasteiger partial charge on any atom is 0.354 e. The number of dihydropyridines is 1. The quantitative estimate of drug-likeness (QED) is 0.921. The smallest absolute Gasteiger partial charge is 0.354 e. The van der Waals surface area contributed by atoms with Crippen molar-refractivity contribution in [3.63, 3.8) is 0 Å². The molecule has 0 bridgehead atoms. The molecule has 1 atom stereocenters.